The fourth-order valence-corrected chi connectivity index (χ4v) is 9.02. The van der Waals surface area contributed by atoms with Crippen LogP contribution >= 0.6 is 0 Å². The highest BCUT2D eigenvalue weighted by Crippen LogP contribution is 2.40. The van der Waals surface area contributed by atoms with Crippen LogP contribution in [0.2, 0.25) is 0 Å². The summed E-state index contributed by atoms with van der Waals surface area (Å²) < 4.78 is 13.9. The summed E-state index contributed by atoms with van der Waals surface area (Å²) in [5.74, 6) is -0.540. The molecule has 3 aromatic heterocycles. The molecule has 0 saturated heterocycles. The second-order valence-electron chi connectivity index (χ2n) is 16.6. The van der Waals surface area contributed by atoms with Gasteiger partial charge < -0.3 is 24.3 Å². The number of aromatic nitrogens is 3. The molecule has 306 valence electrons. The molecule has 58 heavy (non-hydrogen) atoms. The minimum atomic E-state index is -0.340. The number of ketones is 1. The Morgan fingerprint density at radius 1 is 1.10 bits per heavy atom. The Kier molecular flexibility index (Phi) is 12.3. The molecule has 0 saturated carbocycles. The van der Waals surface area contributed by atoms with E-state index in [1.807, 2.05) is 6.92 Å². The third-order valence-electron chi connectivity index (χ3n) is 12.4. The number of ether oxygens (including phenoxy) is 2. The molecule has 3 aliphatic heterocycles. The lowest BCUT2D eigenvalue weighted by Crippen LogP contribution is -2.37. The first-order valence-electron chi connectivity index (χ1n) is 21.1. The zero-order valence-corrected chi connectivity index (χ0v) is 35.5. The highest BCUT2D eigenvalue weighted by Gasteiger charge is 2.39. The van der Waals surface area contributed by atoms with E-state index in [9.17, 15) is 14.4 Å². The normalized spacial score (nSPS) is 21.1. The number of aliphatic imine (C=N–C) groups is 2. The number of unbranched alkanes of at least 4 members (excludes halogenated alkanes) is 3. The molecule has 0 fully saturated rings. The number of carbonyl (C=O) groups excluding carboxylic acids is 3. The van der Waals surface area contributed by atoms with Crippen molar-refractivity contribution in [3.63, 3.8) is 0 Å². The van der Waals surface area contributed by atoms with E-state index in [1.165, 1.54) is 28.9 Å². The van der Waals surface area contributed by atoms with E-state index in [-0.39, 0.29) is 61.2 Å². The lowest BCUT2D eigenvalue weighted by atomic mass is 9.83. The van der Waals surface area contributed by atoms with E-state index in [0.717, 1.165) is 80.7 Å². The monoisotopic (exact) mass is 787 g/mol. The molecule has 8 bridgehead atoms. The molecule has 7 rings (SSSR count). The van der Waals surface area contributed by atoms with Crippen LogP contribution in [0.4, 0.5) is 0 Å². The number of Topliss-reactive ketones (excluding diaryl/α,β-unsaturated/α-hetero) is 1. The van der Waals surface area contributed by atoms with Crippen LogP contribution in [-0.2, 0) is 27.4 Å². The minimum absolute atomic E-state index is 0.00502. The quantitative estimate of drug-likeness (QED) is 0.107. The van der Waals surface area contributed by atoms with Crippen molar-refractivity contribution in [2.24, 2.45) is 21.8 Å². The lowest BCUT2D eigenvalue weighted by Gasteiger charge is -2.18. The summed E-state index contributed by atoms with van der Waals surface area (Å²) in [6.45, 7) is 13.6. The van der Waals surface area contributed by atoms with E-state index in [2.05, 4.69) is 62.8 Å². The van der Waals surface area contributed by atoms with Gasteiger partial charge in [0, 0.05) is 97.0 Å². The molecule has 6 heterocycles. The average molecular weight is 788 g/mol. The van der Waals surface area contributed by atoms with Crippen LogP contribution in [0.15, 0.2) is 57.4 Å². The van der Waals surface area contributed by atoms with Gasteiger partial charge >= 0.3 is 5.97 Å². The van der Waals surface area contributed by atoms with E-state index in [1.54, 1.807) is 43.2 Å². The van der Waals surface area contributed by atoms with Gasteiger partial charge in [-0.2, -0.15) is 4.57 Å². The number of hydrogen-bond donors (Lipinski definition) is 2. The maximum atomic E-state index is 13.8. The fraction of sp³-hybridized carbons (Fsp3) is 0.489. The van der Waals surface area contributed by atoms with Gasteiger partial charge in [-0.25, -0.2) is 0 Å². The van der Waals surface area contributed by atoms with Crippen LogP contribution in [0.3, 0.4) is 0 Å². The van der Waals surface area contributed by atoms with Gasteiger partial charge in [-0.05, 0) is 81.0 Å². The predicted molar refractivity (Wildman–Crippen MR) is 227 cm³/mol. The van der Waals surface area contributed by atoms with Gasteiger partial charge in [0.25, 0.3) is 12.6 Å². The summed E-state index contributed by atoms with van der Waals surface area (Å²) in [6.07, 6.45) is 14.7. The molecule has 11 nitrogen and oxygen atoms in total. The van der Waals surface area contributed by atoms with Crippen molar-refractivity contribution >= 4 is 46.8 Å². The van der Waals surface area contributed by atoms with Crippen LogP contribution in [0.25, 0.3) is 17.7 Å². The number of esters is 1. The predicted octanol–water partition coefficient (Wildman–Crippen LogP) is 6.65. The highest BCUT2D eigenvalue weighted by molar-refractivity contribution is 6.29. The Balaban J connectivity index is 1.24. The maximum absolute atomic E-state index is 13.8. The number of aromatic amines is 2. The zero-order valence-electron chi connectivity index (χ0n) is 35.5. The summed E-state index contributed by atoms with van der Waals surface area (Å²) in [7, 11) is 3.40. The third-order valence-corrected chi connectivity index (χ3v) is 12.4. The summed E-state index contributed by atoms with van der Waals surface area (Å²) in [4.78, 5) is 59.2. The molecular weight excluding hydrogens is 729 g/mol. The van der Waals surface area contributed by atoms with Crippen molar-refractivity contribution in [2.75, 3.05) is 20.7 Å². The van der Waals surface area contributed by atoms with Gasteiger partial charge in [-0.3, -0.25) is 24.4 Å². The molecule has 4 aliphatic rings. The van der Waals surface area contributed by atoms with Crippen molar-refractivity contribution in [1.82, 2.24) is 14.9 Å². The Bertz CT molecular complexity index is 2370. The maximum Gasteiger partial charge on any atom is 0.310 e. The van der Waals surface area contributed by atoms with E-state index >= 15 is 0 Å². The Labute approximate surface area is 341 Å². The fourth-order valence-electron chi connectivity index (χ4n) is 9.02. The summed E-state index contributed by atoms with van der Waals surface area (Å²) in [6, 6.07) is 5.70. The van der Waals surface area contributed by atoms with Crippen molar-refractivity contribution in [2.45, 2.75) is 118 Å². The largest absolute Gasteiger partial charge is 0.405 e. The van der Waals surface area contributed by atoms with Crippen LogP contribution < -0.4 is 15.3 Å². The molecule has 4 atom stereocenters. The van der Waals surface area contributed by atoms with E-state index in [0.29, 0.717) is 25.0 Å². The summed E-state index contributed by atoms with van der Waals surface area (Å²) in [5.41, 5.74) is 11.5. The number of pyridine rings is 1. The zero-order chi connectivity index (χ0) is 41.2. The van der Waals surface area contributed by atoms with Gasteiger partial charge in [0.15, 0.2) is 18.2 Å². The van der Waals surface area contributed by atoms with Crippen LogP contribution in [0.1, 0.15) is 135 Å². The molecule has 0 spiro atoms. The summed E-state index contributed by atoms with van der Waals surface area (Å²) in [5, 5.41) is 1.72. The second-order valence-corrected chi connectivity index (χ2v) is 16.6. The number of amides is 1. The number of nitrogens with one attached hydrogen (secondary N) is 2. The van der Waals surface area contributed by atoms with Gasteiger partial charge in [-0.1, -0.05) is 40.0 Å². The lowest BCUT2D eigenvalue weighted by molar-refractivity contribution is -0.727. The number of allylic oxidation sites excluding steroid dienone is 2. The van der Waals surface area contributed by atoms with Crippen LogP contribution in [-0.4, -0.2) is 70.7 Å². The molecule has 0 radical (unpaired) electrons. The number of H-pyrrole nitrogens is 2. The number of nitrogens with zero attached hydrogens (tertiary/aromatic N) is 4. The highest BCUT2D eigenvalue weighted by atomic mass is 16.5. The molecule has 0 aromatic carbocycles. The molecule has 3 aromatic rings. The van der Waals surface area contributed by atoms with Crippen LogP contribution in [0.5, 0.6) is 0 Å². The Hall–Kier alpha value is -5.16. The summed E-state index contributed by atoms with van der Waals surface area (Å²) >= 11 is 0. The van der Waals surface area contributed by atoms with Gasteiger partial charge in [0.2, 0.25) is 0 Å². The standard InChI is InChI=1S/C47H58N6O5/c1-9-11-12-13-19-57-30(6)35-20-32-21-37-28(4)34(16-17-43(55)58-26-53-18-14-15-31(25-53)47(56)52(7)8)45(50-37)36-22-42(54)44-29(5)39(51-46(36)44)24-40-33(10-2)27(3)38(49-40)23-41(35)48-32/h14-15,18,20-21,24-25,28,30,34,38H,9-13,16-17,19,22-23,26H2,1-8H3,(H-,48,49,50,51,54)/p+1/t28?,30?,34-,38?/m0/s1. The van der Waals surface area contributed by atoms with Gasteiger partial charge in [0.1, 0.15) is 5.56 Å². The Morgan fingerprint density at radius 3 is 2.67 bits per heavy atom. The first kappa shape index (κ1) is 41.0. The third kappa shape index (κ3) is 8.23. The molecule has 11 heteroatoms. The smallest absolute Gasteiger partial charge is 0.310 e. The van der Waals surface area contributed by atoms with Crippen molar-refractivity contribution < 1.29 is 28.4 Å². The average Bonchev–Trinajstić information content (AvgIpc) is 3.99. The number of carbonyl (C=O) groups is 3. The molecule has 3 unspecified atom stereocenters. The van der Waals surface area contributed by atoms with Crippen molar-refractivity contribution in [3.8, 4) is 0 Å². The van der Waals surface area contributed by atoms with Crippen molar-refractivity contribution in [1.29, 1.82) is 0 Å². The molecule has 1 aliphatic carbocycles. The van der Waals surface area contributed by atoms with E-state index in [4.69, 9.17) is 19.5 Å². The molecular formula is C47H59N6O5+. The van der Waals surface area contributed by atoms with E-state index < -0.39 is 0 Å². The Morgan fingerprint density at radius 2 is 1.91 bits per heavy atom. The topological polar surface area (TPSA) is 133 Å². The first-order valence-corrected chi connectivity index (χ1v) is 21.1. The van der Waals surface area contributed by atoms with Gasteiger partial charge in [0.05, 0.1) is 28.9 Å². The van der Waals surface area contributed by atoms with Gasteiger partial charge in [-0.15, -0.1) is 0 Å². The van der Waals surface area contributed by atoms with Crippen molar-refractivity contribution in [3.05, 3.63) is 91.8 Å². The number of rotatable bonds is 14. The SMILES string of the molecule is CCCCCCOC(C)c1cc2[nH]c1CC1N=C(C=c3[nH]c4c(c3C)C(=O)CC=4C3=N/C(=C\2)C(C)[C@@H]3CCC(=O)OC[n+]2cccc(C(=O)N(C)C)c2)C(CC)=C1C. The molecule has 2 N–H and O–H groups in total. The van der Waals surface area contributed by atoms with Crippen LogP contribution in [0, 0.1) is 18.8 Å². The molecule has 1 amide bonds. The number of hydrogen-bond acceptors (Lipinski definition) is 7. The number of fused-ring (bicyclic) bond motifs is 6. The first-order chi connectivity index (χ1) is 27.9. The minimum Gasteiger partial charge on any atom is -0.405 e. The second kappa shape index (κ2) is 17.4.